The topological polar surface area (TPSA) is 63.0 Å². The lowest BCUT2D eigenvalue weighted by atomic mass is 10.2. The molecule has 1 heterocycles. The number of alkyl halides is 3. The summed E-state index contributed by atoms with van der Waals surface area (Å²) < 4.78 is 38.4. The van der Waals surface area contributed by atoms with Gasteiger partial charge in [0, 0.05) is 28.1 Å². The Bertz CT molecular complexity index is 616. The van der Waals surface area contributed by atoms with Gasteiger partial charge in [-0.1, -0.05) is 15.9 Å². The Morgan fingerprint density at radius 3 is 2.45 bits per heavy atom. The van der Waals surface area contributed by atoms with Crippen LogP contribution in [0, 0.1) is 0 Å². The van der Waals surface area contributed by atoms with Gasteiger partial charge < -0.3 is 10.7 Å². The van der Waals surface area contributed by atoms with Crippen molar-refractivity contribution in [2.45, 2.75) is 6.18 Å². The molecule has 0 amide bonds. The first-order valence-electron chi connectivity index (χ1n) is 5.46. The largest absolute Gasteiger partial charge is 0.417 e. The number of hydrogen-bond acceptors (Lipinski definition) is 4. The van der Waals surface area contributed by atoms with Crippen LogP contribution in [0.1, 0.15) is 5.56 Å². The van der Waals surface area contributed by atoms with E-state index in [1.54, 1.807) is 12.1 Å². The molecule has 0 radical (unpaired) electrons. The highest BCUT2D eigenvalue weighted by Crippen LogP contribution is 2.36. The predicted molar refractivity (Wildman–Crippen MR) is 74.5 cm³/mol. The van der Waals surface area contributed by atoms with E-state index in [9.17, 15) is 13.2 Å². The van der Waals surface area contributed by atoms with Crippen molar-refractivity contribution in [3.05, 3.63) is 46.6 Å². The van der Waals surface area contributed by atoms with Gasteiger partial charge in [0.15, 0.2) is 0 Å². The lowest BCUT2D eigenvalue weighted by Gasteiger charge is -2.13. The standard InChI is InChI=1S/C12H10BrF3N4/c13-10-2-1-7(5-9(10)12(14,15)16)19-8-3-4-18-11(6-8)20-17/h1-6H,17H2,(H2,18,19,20). The smallest absolute Gasteiger partial charge is 0.355 e. The Kier molecular flexibility index (Phi) is 4.15. The minimum absolute atomic E-state index is 0.00501. The van der Waals surface area contributed by atoms with Gasteiger partial charge >= 0.3 is 6.18 Å². The molecule has 0 spiro atoms. The third-order valence-corrected chi connectivity index (χ3v) is 3.16. The van der Waals surface area contributed by atoms with E-state index in [2.05, 4.69) is 31.7 Å². The molecule has 0 atom stereocenters. The summed E-state index contributed by atoms with van der Waals surface area (Å²) in [6.45, 7) is 0. The highest BCUT2D eigenvalue weighted by molar-refractivity contribution is 9.10. The molecule has 0 unspecified atom stereocenters. The van der Waals surface area contributed by atoms with E-state index < -0.39 is 11.7 Å². The van der Waals surface area contributed by atoms with E-state index in [-0.39, 0.29) is 4.47 Å². The monoisotopic (exact) mass is 346 g/mol. The molecule has 0 saturated carbocycles. The van der Waals surface area contributed by atoms with Crippen LogP contribution in [0.5, 0.6) is 0 Å². The zero-order chi connectivity index (χ0) is 14.8. The maximum Gasteiger partial charge on any atom is 0.417 e. The number of anilines is 3. The highest BCUT2D eigenvalue weighted by atomic mass is 79.9. The van der Waals surface area contributed by atoms with E-state index in [1.165, 1.54) is 18.3 Å². The summed E-state index contributed by atoms with van der Waals surface area (Å²) in [6, 6.07) is 7.11. The molecular weight excluding hydrogens is 337 g/mol. The molecule has 106 valence electrons. The minimum Gasteiger partial charge on any atom is -0.355 e. The minimum atomic E-state index is -4.42. The second kappa shape index (κ2) is 5.68. The zero-order valence-electron chi connectivity index (χ0n) is 10.0. The van der Waals surface area contributed by atoms with E-state index in [0.29, 0.717) is 17.2 Å². The van der Waals surface area contributed by atoms with Crippen LogP contribution < -0.4 is 16.6 Å². The van der Waals surface area contributed by atoms with Gasteiger partial charge in [-0.15, -0.1) is 0 Å². The summed E-state index contributed by atoms with van der Waals surface area (Å²) in [5.41, 5.74) is 2.50. The third-order valence-electron chi connectivity index (χ3n) is 2.47. The molecule has 1 aromatic carbocycles. The number of nitrogens with zero attached hydrogens (tertiary/aromatic N) is 1. The second-order valence-corrected chi connectivity index (χ2v) is 4.75. The van der Waals surface area contributed by atoms with Gasteiger partial charge in [-0.3, -0.25) is 0 Å². The summed E-state index contributed by atoms with van der Waals surface area (Å²) >= 11 is 2.89. The molecule has 4 nitrogen and oxygen atoms in total. The van der Waals surface area contributed by atoms with Gasteiger partial charge in [-0.05, 0) is 24.3 Å². The number of nitrogens with one attached hydrogen (secondary N) is 2. The third kappa shape index (κ3) is 3.40. The lowest BCUT2D eigenvalue weighted by Crippen LogP contribution is -2.09. The molecular formula is C12H10BrF3N4. The first-order chi connectivity index (χ1) is 9.40. The average Bonchev–Trinajstić information content (AvgIpc) is 2.40. The summed E-state index contributed by atoms with van der Waals surface area (Å²) in [7, 11) is 0. The van der Waals surface area contributed by atoms with Crippen LogP contribution in [0.4, 0.5) is 30.4 Å². The van der Waals surface area contributed by atoms with Crippen LogP contribution in [0.2, 0.25) is 0 Å². The van der Waals surface area contributed by atoms with Gasteiger partial charge in [-0.2, -0.15) is 13.2 Å². The summed E-state index contributed by atoms with van der Waals surface area (Å²) in [4.78, 5) is 3.91. The molecule has 0 bridgehead atoms. The number of rotatable bonds is 3. The highest BCUT2D eigenvalue weighted by Gasteiger charge is 2.33. The Balaban J connectivity index is 2.30. The van der Waals surface area contributed by atoms with Crippen LogP contribution in [-0.4, -0.2) is 4.98 Å². The molecule has 20 heavy (non-hydrogen) atoms. The summed E-state index contributed by atoms with van der Waals surface area (Å²) in [5, 5.41) is 2.86. The second-order valence-electron chi connectivity index (χ2n) is 3.89. The number of aromatic nitrogens is 1. The van der Waals surface area contributed by atoms with Crippen molar-refractivity contribution in [3.63, 3.8) is 0 Å². The summed E-state index contributed by atoms with van der Waals surface area (Å²) in [5.74, 6) is 5.62. The predicted octanol–water partition coefficient (Wildman–Crippen LogP) is 3.89. The quantitative estimate of drug-likeness (QED) is 0.582. The SMILES string of the molecule is NNc1cc(Nc2ccc(Br)c(C(F)(F)F)c2)ccn1. The van der Waals surface area contributed by atoms with E-state index in [0.717, 1.165) is 6.07 Å². The van der Waals surface area contributed by atoms with Gasteiger partial charge in [0.05, 0.1) is 5.56 Å². The van der Waals surface area contributed by atoms with Gasteiger partial charge in [-0.25, -0.2) is 10.8 Å². The lowest BCUT2D eigenvalue weighted by molar-refractivity contribution is -0.138. The van der Waals surface area contributed by atoms with Crippen molar-refractivity contribution in [1.82, 2.24) is 4.98 Å². The van der Waals surface area contributed by atoms with Crippen LogP contribution in [0.3, 0.4) is 0 Å². The number of halogens is 4. The Morgan fingerprint density at radius 2 is 1.80 bits per heavy atom. The van der Waals surface area contributed by atoms with Crippen molar-refractivity contribution in [3.8, 4) is 0 Å². The first-order valence-corrected chi connectivity index (χ1v) is 6.26. The Morgan fingerprint density at radius 1 is 1.10 bits per heavy atom. The average molecular weight is 347 g/mol. The maximum atomic E-state index is 12.8. The maximum absolute atomic E-state index is 12.8. The van der Waals surface area contributed by atoms with Crippen LogP contribution in [0.25, 0.3) is 0 Å². The van der Waals surface area contributed by atoms with Crippen molar-refractivity contribution >= 4 is 33.1 Å². The van der Waals surface area contributed by atoms with Crippen LogP contribution in [-0.2, 0) is 6.18 Å². The molecule has 1 aromatic heterocycles. The fourth-order valence-electron chi connectivity index (χ4n) is 1.57. The van der Waals surface area contributed by atoms with E-state index >= 15 is 0 Å². The van der Waals surface area contributed by atoms with Crippen molar-refractivity contribution in [2.24, 2.45) is 5.84 Å². The normalized spacial score (nSPS) is 11.2. The first kappa shape index (κ1) is 14.6. The number of pyridine rings is 1. The molecule has 0 aliphatic carbocycles. The Labute approximate surface area is 121 Å². The van der Waals surface area contributed by atoms with Crippen molar-refractivity contribution in [1.29, 1.82) is 0 Å². The van der Waals surface area contributed by atoms with Crippen molar-refractivity contribution < 1.29 is 13.2 Å². The molecule has 0 saturated heterocycles. The van der Waals surface area contributed by atoms with Gasteiger partial charge in [0.2, 0.25) is 0 Å². The molecule has 8 heteroatoms. The number of nitrogen functional groups attached to an aromatic ring is 1. The number of benzene rings is 1. The van der Waals surface area contributed by atoms with Crippen LogP contribution in [0.15, 0.2) is 41.0 Å². The number of hydrazine groups is 1. The van der Waals surface area contributed by atoms with Gasteiger partial charge in [0.25, 0.3) is 0 Å². The van der Waals surface area contributed by atoms with Crippen LogP contribution >= 0.6 is 15.9 Å². The number of nitrogens with two attached hydrogens (primary N) is 1. The summed E-state index contributed by atoms with van der Waals surface area (Å²) in [6.07, 6.45) is -2.93. The zero-order valence-corrected chi connectivity index (χ0v) is 11.6. The van der Waals surface area contributed by atoms with E-state index in [1.807, 2.05) is 0 Å². The fraction of sp³-hybridized carbons (Fsp3) is 0.0833. The molecule has 0 aliphatic heterocycles. The molecule has 2 rings (SSSR count). The Hall–Kier alpha value is -1.80. The van der Waals surface area contributed by atoms with Gasteiger partial charge in [0.1, 0.15) is 5.82 Å². The number of hydrogen-bond donors (Lipinski definition) is 3. The molecule has 4 N–H and O–H groups in total. The van der Waals surface area contributed by atoms with Crippen molar-refractivity contribution in [2.75, 3.05) is 10.7 Å². The fourth-order valence-corrected chi connectivity index (χ4v) is 2.05. The molecule has 0 fully saturated rings. The molecule has 0 aliphatic rings. The molecule has 2 aromatic rings. The van der Waals surface area contributed by atoms with E-state index in [4.69, 9.17) is 5.84 Å².